The van der Waals surface area contributed by atoms with Crippen LogP contribution in [-0.2, 0) is 11.8 Å². The second kappa shape index (κ2) is 4.45. The van der Waals surface area contributed by atoms with E-state index in [9.17, 15) is 4.79 Å². The number of nitriles is 1. The summed E-state index contributed by atoms with van der Waals surface area (Å²) in [6.45, 7) is 2.43. The zero-order chi connectivity index (χ0) is 12.4. The van der Waals surface area contributed by atoms with Gasteiger partial charge in [0.15, 0.2) is 0 Å². The number of nitrogens with one attached hydrogen (secondary N) is 2. The normalized spacial score (nSPS) is 18.9. The van der Waals surface area contributed by atoms with E-state index < -0.39 is 0 Å². The quantitative estimate of drug-likeness (QED) is 0.786. The Bertz CT molecular complexity index is 485. The second-order valence-corrected chi connectivity index (χ2v) is 4.23. The van der Waals surface area contributed by atoms with Crippen molar-refractivity contribution in [3.05, 3.63) is 11.3 Å². The van der Waals surface area contributed by atoms with Crippen molar-refractivity contribution in [1.82, 2.24) is 15.1 Å². The third-order valence-electron chi connectivity index (χ3n) is 2.93. The van der Waals surface area contributed by atoms with Crippen molar-refractivity contribution in [3.8, 4) is 6.07 Å². The molecule has 0 radical (unpaired) electrons. The number of hydrogen-bond acceptors (Lipinski definition) is 4. The Morgan fingerprint density at radius 3 is 3.06 bits per heavy atom. The van der Waals surface area contributed by atoms with Gasteiger partial charge in [-0.3, -0.25) is 9.48 Å². The van der Waals surface area contributed by atoms with Crippen LogP contribution in [0.15, 0.2) is 0 Å². The number of anilines is 1. The van der Waals surface area contributed by atoms with Gasteiger partial charge in [-0.25, -0.2) is 0 Å². The fourth-order valence-corrected chi connectivity index (χ4v) is 2.05. The SMILES string of the molecule is Cc1nn(C)c(NCC2CCC(=O)N2)c1C#N. The van der Waals surface area contributed by atoms with Crippen LogP contribution >= 0.6 is 0 Å². The van der Waals surface area contributed by atoms with Gasteiger partial charge in [0, 0.05) is 26.1 Å². The summed E-state index contributed by atoms with van der Waals surface area (Å²) < 4.78 is 1.66. The minimum absolute atomic E-state index is 0.0958. The van der Waals surface area contributed by atoms with Gasteiger partial charge in [0.2, 0.25) is 5.91 Å². The van der Waals surface area contributed by atoms with Crippen molar-refractivity contribution in [3.63, 3.8) is 0 Å². The molecule has 1 fully saturated rings. The van der Waals surface area contributed by atoms with E-state index in [2.05, 4.69) is 21.8 Å². The van der Waals surface area contributed by atoms with Crippen molar-refractivity contribution in [1.29, 1.82) is 5.26 Å². The Morgan fingerprint density at radius 2 is 2.47 bits per heavy atom. The Kier molecular flexibility index (Phi) is 3.00. The van der Waals surface area contributed by atoms with Crippen LogP contribution in [0.2, 0.25) is 0 Å². The molecule has 0 aliphatic carbocycles. The topological polar surface area (TPSA) is 82.7 Å². The van der Waals surface area contributed by atoms with Crippen LogP contribution in [-0.4, -0.2) is 28.3 Å². The summed E-state index contributed by atoms with van der Waals surface area (Å²) in [5, 5.41) is 19.3. The molecule has 1 aliphatic heterocycles. The lowest BCUT2D eigenvalue weighted by molar-refractivity contribution is -0.119. The molecule has 0 aromatic carbocycles. The molecule has 1 aliphatic rings. The van der Waals surface area contributed by atoms with Gasteiger partial charge in [0.05, 0.1) is 5.69 Å². The maximum absolute atomic E-state index is 11.1. The molecule has 17 heavy (non-hydrogen) atoms. The zero-order valence-electron chi connectivity index (χ0n) is 9.95. The first kappa shape index (κ1) is 11.5. The van der Waals surface area contributed by atoms with Crippen LogP contribution in [0.4, 0.5) is 5.82 Å². The van der Waals surface area contributed by atoms with E-state index in [-0.39, 0.29) is 11.9 Å². The number of carbonyl (C=O) groups excluding carboxylic acids is 1. The van der Waals surface area contributed by atoms with Crippen LogP contribution in [0.3, 0.4) is 0 Å². The van der Waals surface area contributed by atoms with Crippen LogP contribution in [0.1, 0.15) is 24.1 Å². The van der Waals surface area contributed by atoms with Crippen molar-refractivity contribution in [2.24, 2.45) is 7.05 Å². The van der Waals surface area contributed by atoms with Gasteiger partial charge in [0.1, 0.15) is 17.5 Å². The van der Waals surface area contributed by atoms with E-state index in [0.717, 1.165) is 6.42 Å². The average molecular weight is 233 g/mol. The van der Waals surface area contributed by atoms with Gasteiger partial charge < -0.3 is 10.6 Å². The lowest BCUT2D eigenvalue weighted by Gasteiger charge is -2.12. The Morgan fingerprint density at radius 1 is 1.71 bits per heavy atom. The summed E-state index contributed by atoms with van der Waals surface area (Å²) in [5.41, 5.74) is 1.28. The largest absolute Gasteiger partial charge is 0.367 e. The van der Waals surface area contributed by atoms with E-state index >= 15 is 0 Å². The number of amides is 1. The van der Waals surface area contributed by atoms with Gasteiger partial charge >= 0.3 is 0 Å². The molecule has 1 aromatic rings. The maximum Gasteiger partial charge on any atom is 0.220 e. The van der Waals surface area contributed by atoms with Crippen LogP contribution in [0.5, 0.6) is 0 Å². The van der Waals surface area contributed by atoms with Gasteiger partial charge in [-0.1, -0.05) is 0 Å². The molecular formula is C11H15N5O. The molecule has 6 nitrogen and oxygen atoms in total. The predicted molar refractivity (Wildman–Crippen MR) is 62.3 cm³/mol. The molecule has 1 amide bonds. The molecule has 2 N–H and O–H groups in total. The van der Waals surface area contributed by atoms with E-state index in [0.29, 0.717) is 30.0 Å². The number of nitrogens with zero attached hydrogens (tertiary/aromatic N) is 3. The molecule has 0 bridgehead atoms. The van der Waals surface area contributed by atoms with Crippen molar-refractivity contribution >= 4 is 11.7 Å². The van der Waals surface area contributed by atoms with Gasteiger partial charge in [-0.15, -0.1) is 0 Å². The van der Waals surface area contributed by atoms with Crippen LogP contribution in [0, 0.1) is 18.3 Å². The van der Waals surface area contributed by atoms with Gasteiger partial charge in [-0.2, -0.15) is 10.4 Å². The summed E-state index contributed by atoms with van der Waals surface area (Å²) in [5.74, 6) is 0.810. The third-order valence-corrected chi connectivity index (χ3v) is 2.93. The monoisotopic (exact) mass is 233 g/mol. The highest BCUT2D eigenvalue weighted by Gasteiger charge is 2.21. The summed E-state index contributed by atoms with van der Waals surface area (Å²) >= 11 is 0. The highest BCUT2D eigenvalue weighted by molar-refractivity contribution is 5.78. The Hall–Kier alpha value is -2.03. The summed E-state index contributed by atoms with van der Waals surface area (Å²) in [4.78, 5) is 11.1. The molecule has 1 unspecified atom stereocenters. The third kappa shape index (κ3) is 2.23. The van der Waals surface area contributed by atoms with E-state index in [1.54, 1.807) is 18.7 Å². The maximum atomic E-state index is 11.1. The van der Waals surface area contributed by atoms with Crippen molar-refractivity contribution < 1.29 is 4.79 Å². The van der Waals surface area contributed by atoms with E-state index in [1.807, 2.05) is 0 Å². The van der Waals surface area contributed by atoms with Crippen LogP contribution in [0.25, 0.3) is 0 Å². The number of carbonyl (C=O) groups is 1. The minimum Gasteiger partial charge on any atom is -0.367 e. The lowest BCUT2D eigenvalue weighted by Crippen LogP contribution is -2.32. The minimum atomic E-state index is 0.0958. The Labute approximate surface area is 99.6 Å². The molecule has 90 valence electrons. The summed E-state index contributed by atoms with van der Waals surface area (Å²) in [6.07, 6.45) is 1.42. The molecule has 2 rings (SSSR count). The van der Waals surface area contributed by atoms with E-state index in [1.165, 1.54) is 0 Å². The molecular weight excluding hydrogens is 218 g/mol. The summed E-state index contributed by atoms with van der Waals surface area (Å²) in [6, 6.07) is 2.28. The molecule has 0 spiro atoms. The second-order valence-electron chi connectivity index (χ2n) is 4.23. The smallest absolute Gasteiger partial charge is 0.220 e. The van der Waals surface area contributed by atoms with Crippen molar-refractivity contribution in [2.45, 2.75) is 25.8 Å². The fraction of sp³-hybridized carbons (Fsp3) is 0.545. The fourth-order valence-electron chi connectivity index (χ4n) is 2.05. The average Bonchev–Trinajstić information content (AvgIpc) is 2.80. The molecule has 6 heteroatoms. The highest BCUT2D eigenvalue weighted by atomic mass is 16.1. The lowest BCUT2D eigenvalue weighted by atomic mass is 10.2. The molecule has 1 aromatic heterocycles. The molecule has 2 heterocycles. The Balaban J connectivity index is 2.04. The van der Waals surface area contributed by atoms with Gasteiger partial charge in [0.25, 0.3) is 0 Å². The standard InChI is InChI=1S/C11H15N5O/c1-7-9(5-12)11(16(2)15-7)13-6-8-3-4-10(17)14-8/h8,13H,3-4,6H2,1-2H3,(H,14,17). The number of hydrogen-bond donors (Lipinski definition) is 2. The predicted octanol–water partition coefficient (Wildman–Crippen LogP) is 0.291. The number of aromatic nitrogens is 2. The first-order chi connectivity index (χ1) is 8.11. The van der Waals surface area contributed by atoms with Gasteiger partial charge in [-0.05, 0) is 13.3 Å². The number of aryl methyl sites for hydroxylation is 2. The first-order valence-electron chi connectivity index (χ1n) is 5.58. The molecule has 1 saturated heterocycles. The highest BCUT2D eigenvalue weighted by Crippen LogP contribution is 2.18. The first-order valence-corrected chi connectivity index (χ1v) is 5.58. The van der Waals surface area contributed by atoms with E-state index in [4.69, 9.17) is 5.26 Å². The molecule has 0 saturated carbocycles. The van der Waals surface area contributed by atoms with Crippen molar-refractivity contribution in [2.75, 3.05) is 11.9 Å². The number of rotatable bonds is 3. The zero-order valence-corrected chi connectivity index (χ0v) is 9.95. The van der Waals surface area contributed by atoms with Crippen LogP contribution < -0.4 is 10.6 Å². The molecule has 1 atom stereocenters. The summed E-state index contributed by atoms with van der Waals surface area (Å²) in [7, 11) is 1.80.